The van der Waals surface area contributed by atoms with Crippen molar-refractivity contribution in [3.05, 3.63) is 54.0 Å². The Kier molecular flexibility index (Phi) is 4.14. The van der Waals surface area contributed by atoms with Crippen LogP contribution in [0, 0.1) is 13.8 Å². The third-order valence-corrected chi connectivity index (χ3v) is 5.13. The van der Waals surface area contributed by atoms with Crippen molar-refractivity contribution >= 4 is 21.2 Å². The van der Waals surface area contributed by atoms with Crippen molar-refractivity contribution in [2.75, 3.05) is 6.54 Å². The monoisotopic (exact) mass is 330 g/mol. The lowest BCUT2D eigenvalue weighted by Crippen LogP contribution is -2.27. The molecule has 3 rings (SSSR count). The molecule has 0 aliphatic carbocycles. The number of sulfonamides is 1. The SMILES string of the molecule is Cc1ccc(S(=O)(=O)NCCn2c(C)nc3cccnc32)cc1. The normalized spacial score (nSPS) is 11.9. The zero-order chi connectivity index (χ0) is 16.4. The minimum atomic E-state index is -3.50. The number of fused-ring (bicyclic) bond motifs is 1. The average Bonchev–Trinajstić information content (AvgIpc) is 2.84. The van der Waals surface area contributed by atoms with E-state index in [-0.39, 0.29) is 11.4 Å². The van der Waals surface area contributed by atoms with E-state index in [2.05, 4.69) is 14.7 Å². The highest BCUT2D eigenvalue weighted by atomic mass is 32.2. The summed E-state index contributed by atoms with van der Waals surface area (Å²) in [6.45, 7) is 4.56. The largest absolute Gasteiger partial charge is 0.312 e. The molecule has 6 nitrogen and oxygen atoms in total. The van der Waals surface area contributed by atoms with E-state index in [4.69, 9.17) is 0 Å². The first-order valence-corrected chi connectivity index (χ1v) is 8.80. The summed E-state index contributed by atoms with van der Waals surface area (Å²) in [5, 5.41) is 0. The predicted molar refractivity (Wildman–Crippen MR) is 88.6 cm³/mol. The maximum absolute atomic E-state index is 12.3. The fourth-order valence-corrected chi connectivity index (χ4v) is 3.45. The molecule has 2 aromatic heterocycles. The van der Waals surface area contributed by atoms with Crippen LogP contribution >= 0.6 is 0 Å². The van der Waals surface area contributed by atoms with Gasteiger partial charge in [0.05, 0.1) is 4.90 Å². The molecule has 0 atom stereocenters. The number of pyridine rings is 1. The van der Waals surface area contributed by atoms with Crippen LogP contribution < -0.4 is 4.72 Å². The molecule has 0 unspecified atom stereocenters. The number of aromatic nitrogens is 3. The molecule has 0 saturated heterocycles. The Balaban J connectivity index is 1.73. The van der Waals surface area contributed by atoms with Crippen LogP contribution in [-0.4, -0.2) is 29.5 Å². The van der Waals surface area contributed by atoms with Crippen molar-refractivity contribution in [3.63, 3.8) is 0 Å². The molecule has 1 aromatic carbocycles. The van der Waals surface area contributed by atoms with Crippen molar-refractivity contribution in [1.29, 1.82) is 0 Å². The van der Waals surface area contributed by atoms with Gasteiger partial charge in [-0.05, 0) is 38.1 Å². The lowest BCUT2D eigenvalue weighted by Gasteiger charge is -2.09. The summed E-state index contributed by atoms with van der Waals surface area (Å²) in [5.41, 5.74) is 2.60. The number of benzene rings is 1. The fraction of sp³-hybridized carbons (Fsp3) is 0.250. The summed E-state index contributed by atoms with van der Waals surface area (Å²) in [4.78, 5) is 9.00. The first kappa shape index (κ1) is 15.6. The minimum absolute atomic E-state index is 0.272. The van der Waals surface area contributed by atoms with Crippen molar-refractivity contribution < 1.29 is 8.42 Å². The number of nitrogens with one attached hydrogen (secondary N) is 1. The van der Waals surface area contributed by atoms with Crippen molar-refractivity contribution in [3.8, 4) is 0 Å². The molecule has 0 spiro atoms. The van der Waals surface area contributed by atoms with Crippen molar-refractivity contribution in [1.82, 2.24) is 19.3 Å². The van der Waals surface area contributed by atoms with E-state index in [0.29, 0.717) is 6.54 Å². The Labute approximate surface area is 135 Å². The summed E-state index contributed by atoms with van der Waals surface area (Å²) < 4.78 is 29.1. The molecule has 0 aliphatic rings. The quantitative estimate of drug-likeness (QED) is 0.776. The van der Waals surface area contributed by atoms with Gasteiger partial charge in [-0.15, -0.1) is 0 Å². The molecular weight excluding hydrogens is 312 g/mol. The predicted octanol–water partition coefficient (Wildman–Crippen LogP) is 2.03. The van der Waals surface area contributed by atoms with Gasteiger partial charge in [-0.1, -0.05) is 17.7 Å². The van der Waals surface area contributed by atoms with Crippen LogP contribution in [-0.2, 0) is 16.6 Å². The van der Waals surface area contributed by atoms with Crippen LogP contribution in [0.3, 0.4) is 0 Å². The van der Waals surface area contributed by atoms with E-state index in [1.807, 2.05) is 30.5 Å². The molecular formula is C16H18N4O2S. The number of hydrogen-bond acceptors (Lipinski definition) is 4. The zero-order valence-corrected chi connectivity index (χ0v) is 13.8. The Morgan fingerprint density at radius 1 is 1.13 bits per heavy atom. The Hall–Kier alpha value is -2.25. The van der Waals surface area contributed by atoms with E-state index in [1.165, 1.54) is 0 Å². The van der Waals surface area contributed by atoms with E-state index >= 15 is 0 Å². The summed E-state index contributed by atoms with van der Waals surface area (Å²) in [6, 6.07) is 10.5. The summed E-state index contributed by atoms with van der Waals surface area (Å²) >= 11 is 0. The van der Waals surface area contributed by atoms with Gasteiger partial charge in [-0.25, -0.2) is 23.1 Å². The maximum atomic E-state index is 12.3. The number of imidazole rings is 1. The second-order valence-electron chi connectivity index (χ2n) is 5.37. The topological polar surface area (TPSA) is 76.9 Å². The molecule has 0 bridgehead atoms. The highest BCUT2D eigenvalue weighted by Gasteiger charge is 2.14. The Morgan fingerprint density at radius 3 is 2.61 bits per heavy atom. The lowest BCUT2D eigenvalue weighted by molar-refractivity contribution is 0.572. The van der Waals surface area contributed by atoms with Gasteiger partial charge in [0.15, 0.2) is 5.65 Å². The van der Waals surface area contributed by atoms with Gasteiger partial charge in [0.1, 0.15) is 11.3 Å². The minimum Gasteiger partial charge on any atom is -0.312 e. The lowest BCUT2D eigenvalue weighted by atomic mass is 10.2. The van der Waals surface area contributed by atoms with Crippen molar-refractivity contribution in [2.45, 2.75) is 25.3 Å². The molecule has 3 aromatic rings. The van der Waals surface area contributed by atoms with Crippen LogP contribution in [0.25, 0.3) is 11.2 Å². The Bertz CT molecular complexity index is 930. The number of hydrogen-bond donors (Lipinski definition) is 1. The molecule has 1 N–H and O–H groups in total. The number of rotatable bonds is 5. The maximum Gasteiger partial charge on any atom is 0.240 e. The van der Waals surface area contributed by atoms with Gasteiger partial charge in [-0.2, -0.15) is 0 Å². The summed E-state index contributed by atoms with van der Waals surface area (Å²) in [5.74, 6) is 0.813. The standard InChI is InChI=1S/C16H18N4O2S/c1-12-5-7-14(8-6-12)23(21,22)18-10-11-20-13(2)19-15-4-3-9-17-16(15)20/h3-9,18H,10-11H2,1-2H3. The van der Waals surface area contributed by atoms with Crippen LogP contribution in [0.1, 0.15) is 11.4 Å². The first-order valence-electron chi connectivity index (χ1n) is 7.31. The molecule has 0 aliphatic heterocycles. The van der Waals surface area contributed by atoms with Crippen LogP contribution in [0.2, 0.25) is 0 Å². The zero-order valence-electron chi connectivity index (χ0n) is 13.0. The third-order valence-electron chi connectivity index (χ3n) is 3.65. The van der Waals surface area contributed by atoms with E-state index in [0.717, 1.165) is 22.6 Å². The number of aryl methyl sites for hydroxylation is 2. The molecule has 120 valence electrons. The van der Waals surface area contributed by atoms with Gasteiger partial charge in [0.2, 0.25) is 10.0 Å². The molecule has 0 radical (unpaired) electrons. The van der Waals surface area contributed by atoms with Crippen molar-refractivity contribution in [2.24, 2.45) is 0 Å². The molecule has 23 heavy (non-hydrogen) atoms. The second-order valence-corrected chi connectivity index (χ2v) is 7.13. The average molecular weight is 330 g/mol. The van der Waals surface area contributed by atoms with Crippen LogP contribution in [0.15, 0.2) is 47.5 Å². The second kappa shape index (κ2) is 6.10. The Morgan fingerprint density at radius 2 is 1.87 bits per heavy atom. The summed E-state index contributed by atoms with van der Waals surface area (Å²) in [6.07, 6.45) is 1.70. The molecule has 0 fully saturated rings. The summed E-state index contributed by atoms with van der Waals surface area (Å²) in [7, 11) is -3.50. The highest BCUT2D eigenvalue weighted by Crippen LogP contribution is 2.13. The fourth-order valence-electron chi connectivity index (χ4n) is 2.43. The van der Waals surface area contributed by atoms with Gasteiger partial charge < -0.3 is 4.57 Å². The van der Waals surface area contributed by atoms with Gasteiger partial charge in [0, 0.05) is 19.3 Å². The molecule has 0 amide bonds. The van der Waals surface area contributed by atoms with Gasteiger partial charge in [-0.3, -0.25) is 0 Å². The smallest absolute Gasteiger partial charge is 0.240 e. The van der Waals surface area contributed by atoms with Crippen LogP contribution in [0.5, 0.6) is 0 Å². The number of nitrogens with zero attached hydrogens (tertiary/aromatic N) is 3. The van der Waals surface area contributed by atoms with Crippen LogP contribution in [0.4, 0.5) is 0 Å². The third kappa shape index (κ3) is 3.25. The molecule has 0 saturated carbocycles. The van der Waals surface area contributed by atoms with Gasteiger partial charge >= 0.3 is 0 Å². The van der Waals surface area contributed by atoms with E-state index in [9.17, 15) is 8.42 Å². The van der Waals surface area contributed by atoms with E-state index < -0.39 is 10.0 Å². The molecule has 2 heterocycles. The van der Waals surface area contributed by atoms with E-state index in [1.54, 1.807) is 30.5 Å². The molecule has 7 heteroatoms. The van der Waals surface area contributed by atoms with Gasteiger partial charge in [0.25, 0.3) is 0 Å². The first-order chi connectivity index (χ1) is 11.0. The highest BCUT2D eigenvalue weighted by molar-refractivity contribution is 7.89.